The van der Waals surface area contributed by atoms with E-state index in [4.69, 9.17) is 74.3 Å². The zero-order chi connectivity index (χ0) is 18.8. The van der Waals surface area contributed by atoms with Gasteiger partial charge in [-0.2, -0.15) is 0 Å². The third-order valence-electron chi connectivity index (χ3n) is 3.15. The summed E-state index contributed by atoms with van der Waals surface area (Å²) >= 11 is 35.8. The minimum Gasteiger partial charge on any atom is -0.463 e. The van der Waals surface area contributed by atoms with Crippen molar-refractivity contribution in [3.63, 3.8) is 0 Å². The number of alkyl halides is 3. The monoisotopic (exact) mass is 459 g/mol. The van der Waals surface area contributed by atoms with E-state index in [0.29, 0.717) is 10.6 Å². The quantitative estimate of drug-likeness (QED) is 0.419. The van der Waals surface area contributed by atoms with Crippen molar-refractivity contribution in [3.05, 3.63) is 62.6 Å². The maximum Gasteiger partial charge on any atom is 0.254 e. The summed E-state index contributed by atoms with van der Waals surface area (Å²) in [7, 11) is 0. The van der Waals surface area contributed by atoms with Gasteiger partial charge in [0.05, 0.1) is 10.0 Å². The van der Waals surface area contributed by atoms with Crippen molar-refractivity contribution in [1.82, 2.24) is 5.32 Å². The van der Waals surface area contributed by atoms with Crippen molar-refractivity contribution >= 4 is 75.5 Å². The van der Waals surface area contributed by atoms with Gasteiger partial charge in [0.25, 0.3) is 5.91 Å². The fourth-order valence-corrected chi connectivity index (χ4v) is 3.17. The minimum atomic E-state index is -1.98. The minimum absolute atomic E-state index is 0.0362. The van der Waals surface area contributed by atoms with Crippen molar-refractivity contribution in [2.24, 2.45) is 0 Å². The number of aryl methyl sites for hydroxylation is 1. The molecule has 2 aromatic carbocycles. The van der Waals surface area contributed by atoms with Crippen molar-refractivity contribution in [2.75, 3.05) is 0 Å². The smallest absolute Gasteiger partial charge is 0.254 e. The maximum atomic E-state index is 12.5. The Bertz CT molecular complexity index is 767. The molecule has 3 nitrogen and oxygen atoms in total. The highest BCUT2D eigenvalue weighted by Gasteiger charge is 2.37. The van der Waals surface area contributed by atoms with Crippen LogP contribution in [0, 0.1) is 6.92 Å². The van der Waals surface area contributed by atoms with E-state index in [2.05, 4.69) is 5.32 Å². The van der Waals surface area contributed by atoms with Crippen LogP contribution in [0.5, 0.6) is 5.75 Å². The number of rotatable bonds is 4. The highest BCUT2D eigenvalue weighted by Crippen LogP contribution is 2.39. The molecule has 0 saturated carbocycles. The molecule has 0 aromatic heterocycles. The van der Waals surface area contributed by atoms with Gasteiger partial charge in [-0.1, -0.05) is 87.8 Å². The Labute approximate surface area is 175 Å². The zero-order valence-electron chi connectivity index (χ0n) is 12.6. The molecule has 0 aliphatic rings. The van der Waals surface area contributed by atoms with E-state index in [1.165, 1.54) is 12.1 Å². The number of ether oxygens (including phenoxy) is 1. The first kappa shape index (κ1) is 20.8. The molecule has 0 radical (unpaired) electrons. The van der Waals surface area contributed by atoms with Gasteiger partial charge in [0.1, 0.15) is 0 Å². The average Bonchev–Trinajstić information content (AvgIpc) is 2.48. The summed E-state index contributed by atoms with van der Waals surface area (Å²) in [5.41, 5.74) is 1.17. The largest absolute Gasteiger partial charge is 0.463 e. The number of amides is 1. The standard InChI is InChI=1S/C16H11Cl6NO2/c1-8-4-2-3-5-10(8)14(24)23-15(16(20,21)22)25-13-11(18)6-9(17)7-12(13)19/h2-7,15H,1H3,(H,23,24). The molecule has 0 heterocycles. The van der Waals surface area contributed by atoms with Crippen LogP contribution in [0.4, 0.5) is 0 Å². The molecule has 0 spiro atoms. The molecule has 1 atom stereocenters. The molecule has 0 aliphatic heterocycles. The van der Waals surface area contributed by atoms with E-state index in [1.807, 2.05) is 6.07 Å². The van der Waals surface area contributed by atoms with Crippen molar-refractivity contribution in [3.8, 4) is 5.75 Å². The third-order valence-corrected chi connectivity index (χ3v) is 4.52. The third kappa shape index (κ3) is 5.46. The van der Waals surface area contributed by atoms with E-state index in [-0.39, 0.29) is 15.8 Å². The van der Waals surface area contributed by atoms with Crippen LogP contribution in [0.15, 0.2) is 36.4 Å². The molecule has 0 aliphatic carbocycles. The summed E-state index contributed by atoms with van der Waals surface area (Å²) in [6, 6.07) is 9.80. The molecule has 1 unspecified atom stereocenters. The number of benzene rings is 2. The van der Waals surface area contributed by atoms with Gasteiger partial charge in [0.15, 0.2) is 5.75 Å². The lowest BCUT2D eigenvalue weighted by Crippen LogP contribution is -2.48. The Balaban J connectivity index is 2.30. The van der Waals surface area contributed by atoms with Gasteiger partial charge in [-0.15, -0.1) is 0 Å². The van der Waals surface area contributed by atoms with Crippen LogP contribution in [-0.4, -0.2) is 15.9 Å². The van der Waals surface area contributed by atoms with E-state index < -0.39 is 15.9 Å². The first-order valence-corrected chi connectivity index (χ1v) is 9.11. The normalized spacial score (nSPS) is 12.6. The molecule has 25 heavy (non-hydrogen) atoms. The Morgan fingerprint density at radius 2 is 1.64 bits per heavy atom. The average molecular weight is 462 g/mol. The van der Waals surface area contributed by atoms with Crippen molar-refractivity contribution < 1.29 is 9.53 Å². The van der Waals surface area contributed by atoms with Crippen LogP contribution < -0.4 is 10.1 Å². The fraction of sp³-hybridized carbons (Fsp3) is 0.188. The molecule has 0 fully saturated rings. The molecule has 9 heteroatoms. The van der Waals surface area contributed by atoms with Gasteiger partial charge >= 0.3 is 0 Å². The van der Waals surface area contributed by atoms with Crippen LogP contribution in [0.25, 0.3) is 0 Å². The molecule has 0 bridgehead atoms. The molecule has 2 rings (SSSR count). The van der Waals surface area contributed by atoms with Gasteiger partial charge in [-0.05, 0) is 30.7 Å². The number of carbonyl (C=O) groups excluding carboxylic acids is 1. The van der Waals surface area contributed by atoms with Gasteiger partial charge in [-0.25, -0.2) is 0 Å². The summed E-state index contributed by atoms with van der Waals surface area (Å²) in [5, 5.41) is 3.07. The van der Waals surface area contributed by atoms with Crippen molar-refractivity contribution in [2.45, 2.75) is 16.9 Å². The lowest BCUT2D eigenvalue weighted by atomic mass is 10.1. The van der Waals surface area contributed by atoms with Gasteiger partial charge < -0.3 is 10.1 Å². The van der Waals surface area contributed by atoms with E-state index in [1.54, 1.807) is 25.1 Å². The number of nitrogens with one attached hydrogen (secondary N) is 1. The molecular formula is C16H11Cl6NO2. The Hall–Kier alpha value is -0.550. The molecule has 2 aromatic rings. The first-order chi connectivity index (χ1) is 11.6. The van der Waals surface area contributed by atoms with E-state index in [0.717, 1.165) is 5.56 Å². The lowest BCUT2D eigenvalue weighted by Gasteiger charge is -2.27. The topological polar surface area (TPSA) is 38.3 Å². The highest BCUT2D eigenvalue weighted by atomic mass is 35.6. The Morgan fingerprint density at radius 1 is 1.08 bits per heavy atom. The van der Waals surface area contributed by atoms with Crippen molar-refractivity contribution in [1.29, 1.82) is 0 Å². The SMILES string of the molecule is Cc1ccccc1C(=O)NC(Oc1c(Cl)cc(Cl)cc1Cl)C(Cl)(Cl)Cl. The number of hydrogen-bond donors (Lipinski definition) is 1. The van der Waals surface area contributed by atoms with Gasteiger partial charge in [0, 0.05) is 10.6 Å². The molecule has 1 amide bonds. The summed E-state index contributed by atoms with van der Waals surface area (Å²) in [6.07, 6.45) is -1.35. The van der Waals surface area contributed by atoms with Crippen LogP contribution in [-0.2, 0) is 0 Å². The number of halogens is 6. The molecule has 134 valence electrons. The highest BCUT2D eigenvalue weighted by molar-refractivity contribution is 6.68. The fourth-order valence-electron chi connectivity index (χ4n) is 1.96. The number of carbonyl (C=O) groups is 1. The van der Waals surface area contributed by atoms with Crippen LogP contribution in [0.2, 0.25) is 15.1 Å². The summed E-state index contributed by atoms with van der Waals surface area (Å²) in [5.74, 6) is -0.440. The second-order valence-electron chi connectivity index (χ2n) is 5.03. The van der Waals surface area contributed by atoms with Crippen LogP contribution in [0.1, 0.15) is 15.9 Å². The predicted octanol–water partition coefficient (Wildman–Crippen LogP) is 6.46. The lowest BCUT2D eigenvalue weighted by molar-refractivity contribution is 0.0832. The molecule has 0 saturated heterocycles. The Kier molecular flexibility index (Phi) is 7.00. The summed E-state index contributed by atoms with van der Waals surface area (Å²) in [6.45, 7) is 1.78. The van der Waals surface area contributed by atoms with Gasteiger partial charge in [0.2, 0.25) is 10.0 Å². The zero-order valence-corrected chi connectivity index (χ0v) is 17.2. The predicted molar refractivity (Wildman–Crippen MR) is 105 cm³/mol. The first-order valence-electron chi connectivity index (χ1n) is 6.84. The van der Waals surface area contributed by atoms with E-state index in [9.17, 15) is 4.79 Å². The molecule has 1 N–H and O–H groups in total. The van der Waals surface area contributed by atoms with E-state index >= 15 is 0 Å². The second kappa shape index (κ2) is 8.43. The Morgan fingerprint density at radius 3 is 2.16 bits per heavy atom. The molecular weight excluding hydrogens is 451 g/mol. The van der Waals surface area contributed by atoms with Crippen LogP contribution in [0.3, 0.4) is 0 Å². The second-order valence-corrected chi connectivity index (χ2v) is 8.65. The van der Waals surface area contributed by atoms with Crippen LogP contribution >= 0.6 is 69.6 Å². The summed E-state index contributed by atoms with van der Waals surface area (Å²) in [4.78, 5) is 12.5. The number of hydrogen-bond acceptors (Lipinski definition) is 2. The van der Waals surface area contributed by atoms with Gasteiger partial charge in [-0.3, -0.25) is 4.79 Å². The summed E-state index contributed by atoms with van der Waals surface area (Å²) < 4.78 is 3.60. The maximum absolute atomic E-state index is 12.5.